The Labute approximate surface area is 192 Å². The number of hydrogen-bond acceptors (Lipinski definition) is 4. The molecule has 0 aliphatic rings. The topological polar surface area (TPSA) is 112 Å². The van der Waals surface area contributed by atoms with Crippen molar-refractivity contribution in [2.45, 2.75) is 0 Å². The Morgan fingerprint density at radius 1 is 0.812 bits per heavy atom. The monoisotopic (exact) mass is 490 g/mol. The van der Waals surface area contributed by atoms with E-state index in [2.05, 4.69) is 47.1 Å². The smallest absolute Gasteiger partial charge is 0.319 e. The number of hydrogen-bond donors (Lipinski definition) is 4. The predicted octanol–water partition coefficient (Wildman–Crippen LogP) is 4.66. The van der Waals surface area contributed by atoms with Crippen molar-refractivity contribution in [1.82, 2.24) is 20.5 Å². The minimum absolute atomic E-state index is 0.160. The quantitative estimate of drug-likeness (QED) is 0.314. The molecular weight excluding hydrogens is 472 g/mol. The fourth-order valence-corrected chi connectivity index (χ4v) is 3.16. The number of nitrogens with one attached hydrogen (secondary N) is 4. The highest BCUT2D eigenvalue weighted by atomic mass is 79.9. The van der Waals surface area contributed by atoms with E-state index in [1.165, 1.54) is 0 Å². The van der Waals surface area contributed by atoms with E-state index in [1.807, 2.05) is 54.6 Å². The van der Waals surface area contributed by atoms with Gasteiger partial charge in [0.15, 0.2) is 11.6 Å². The molecule has 1 heterocycles. The molecule has 0 saturated carbocycles. The molecule has 0 unspecified atom stereocenters. The number of urea groups is 1. The van der Waals surface area contributed by atoms with Crippen molar-refractivity contribution in [1.29, 1.82) is 0 Å². The summed E-state index contributed by atoms with van der Waals surface area (Å²) in [6, 6.07) is 23.6. The molecule has 3 amide bonds. The van der Waals surface area contributed by atoms with Crippen LogP contribution in [-0.4, -0.2) is 33.7 Å². The summed E-state index contributed by atoms with van der Waals surface area (Å²) in [5.74, 6) is 0.910. The van der Waals surface area contributed by atoms with Crippen molar-refractivity contribution >= 4 is 39.2 Å². The fourth-order valence-electron chi connectivity index (χ4n) is 2.89. The molecule has 9 heteroatoms. The van der Waals surface area contributed by atoms with Gasteiger partial charge in [-0.3, -0.25) is 9.89 Å². The second-order valence-corrected chi connectivity index (χ2v) is 7.73. The van der Waals surface area contributed by atoms with Gasteiger partial charge >= 0.3 is 6.03 Å². The molecule has 4 rings (SSSR count). The lowest BCUT2D eigenvalue weighted by Gasteiger charge is -2.09. The standard InChI is InChI=1S/C23H19BrN6O2/c24-17-8-12-19(13-9-17)27-23(32)25-14-20(31)26-18-10-6-16(7-11-18)22-28-21(29-30-22)15-4-2-1-3-5-15/h1-13H,14H2,(H,26,31)(H2,25,27,32)(H,28,29,30). The number of carbonyl (C=O) groups excluding carboxylic acids is 2. The Bertz CT molecular complexity index is 1210. The molecule has 0 saturated heterocycles. The summed E-state index contributed by atoms with van der Waals surface area (Å²) in [6.07, 6.45) is 0. The van der Waals surface area contributed by atoms with Gasteiger partial charge in [-0.25, -0.2) is 9.78 Å². The first-order chi connectivity index (χ1) is 15.6. The maximum absolute atomic E-state index is 12.1. The summed E-state index contributed by atoms with van der Waals surface area (Å²) in [5.41, 5.74) is 3.00. The molecular formula is C23H19BrN6O2. The summed E-state index contributed by atoms with van der Waals surface area (Å²) in [6.45, 7) is -0.160. The molecule has 0 spiro atoms. The Kier molecular flexibility index (Phi) is 6.57. The third kappa shape index (κ3) is 5.58. The average Bonchev–Trinajstić information content (AvgIpc) is 3.31. The zero-order chi connectivity index (χ0) is 22.3. The van der Waals surface area contributed by atoms with Gasteiger partial charge in [0.2, 0.25) is 5.91 Å². The van der Waals surface area contributed by atoms with Crippen LogP contribution in [0.5, 0.6) is 0 Å². The molecule has 1 aromatic heterocycles. The average molecular weight is 491 g/mol. The first-order valence-electron chi connectivity index (χ1n) is 9.75. The van der Waals surface area contributed by atoms with Crippen molar-refractivity contribution < 1.29 is 9.59 Å². The molecule has 160 valence electrons. The molecule has 8 nitrogen and oxygen atoms in total. The van der Waals surface area contributed by atoms with Crippen molar-refractivity contribution in [3.63, 3.8) is 0 Å². The molecule has 0 radical (unpaired) electrons. The minimum Gasteiger partial charge on any atom is -0.329 e. The second-order valence-electron chi connectivity index (χ2n) is 6.81. The number of halogens is 1. The molecule has 4 aromatic rings. The van der Waals surface area contributed by atoms with Crippen LogP contribution in [0.1, 0.15) is 0 Å². The molecule has 0 fully saturated rings. The zero-order valence-electron chi connectivity index (χ0n) is 16.8. The maximum Gasteiger partial charge on any atom is 0.319 e. The molecule has 0 atom stereocenters. The first-order valence-corrected chi connectivity index (χ1v) is 10.5. The van der Waals surface area contributed by atoms with Crippen LogP contribution >= 0.6 is 15.9 Å². The lowest BCUT2D eigenvalue weighted by atomic mass is 10.2. The van der Waals surface area contributed by atoms with Crippen LogP contribution in [0.25, 0.3) is 22.8 Å². The summed E-state index contributed by atoms with van der Waals surface area (Å²) in [4.78, 5) is 28.6. The van der Waals surface area contributed by atoms with Gasteiger partial charge in [-0.05, 0) is 48.5 Å². The van der Waals surface area contributed by atoms with Crippen LogP contribution in [0.2, 0.25) is 0 Å². The van der Waals surface area contributed by atoms with Gasteiger partial charge in [0.1, 0.15) is 0 Å². The maximum atomic E-state index is 12.1. The highest BCUT2D eigenvalue weighted by Gasteiger charge is 2.09. The number of H-pyrrole nitrogens is 1. The van der Waals surface area contributed by atoms with E-state index in [9.17, 15) is 9.59 Å². The highest BCUT2D eigenvalue weighted by molar-refractivity contribution is 9.10. The third-order valence-corrected chi connectivity index (χ3v) is 5.00. The minimum atomic E-state index is -0.461. The fraction of sp³-hybridized carbons (Fsp3) is 0.0435. The summed E-state index contributed by atoms with van der Waals surface area (Å²) < 4.78 is 0.911. The van der Waals surface area contributed by atoms with Gasteiger partial charge in [-0.1, -0.05) is 46.3 Å². The summed E-state index contributed by atoms with van der Waals surface area (Å²) >= 11 is 3.33. The lowest BCUT2D eigenvalue weighted by molar-refractivity contribution is -0.115. The molecule has 3 aromatic carbocycles. The van der Waals surface area contributed by atoms with Crippen LogP contribution in [0.15, 0.2) is 83.3 Å². The Morgan fingerprint density at radius 3 is 2.19 bits per heavy atom. The molecule has 4 N–H and O–H groups in total. The van der Waals surface area contributed by atoms with Crippen molar-refractivity contribution in [2.75, 3.05) is 17.2 Å². The largest absolute Gasteiger partial charge is 0.329 e. The SMILES string of the molecule is O=C(CNC(=O)Nc1ccc(Br)cc1)Nc1ccc(-c2nc(-c3ccccc3)n[nH]2)cc1. The Hall–Kier alpha value is -3.98. The van der Waals surface area contributed by atoms with Crippen molar-refractivity contribution in [3.8, 4) is 22.8 Å². The van der Waals surface area contributed by atoms with Gasteiger partial charge < -0.3 is 16.0 Å². The van der Waals surface area contributed by atoms with Crippen molar-refractivity contribution in [2.24, 2.45) is 0 Å². The number of aromatic amines is 1. The van der Waals surface area contributed by atoms with E-state index < -0.39 is 6.03 Å². The van der Waals surface area contributed by atoms with Gasteiger partial charge in [0.05, 0.1) is 6.54 Å². The Balaban J connectivity index is 1.29. The number of carbonyl (C=O) groups is 2. The van der Waals surface area contributed by atoms with Crippen LogP contribution in [-0.2, 0) is 4.79 Å². The van der Waals surface area contributed by atoms with Gasteiger partial charge in [0.25, 0.3) is 0 Å². The highest BCUT2D eigenvalue weighted by Crippen LogP contribution is 2.21. The van der Waals surface area contributed by atoms with E-state index in [4.69, 9.17) is 0 Å². The number of anilines is 2. The van der Waals surface area contributed by atoms with Crippen LogP contribution in [0.4, 0.5) is 16.2 Å². The van der Waals surface area contributed by atoms with Gasteiger partial charge in [-0.2, -0.15) is 5.10 Å². The molecule has 32 heavy (non-hydrogen) atoms. The van der Waals surface area contributed by atoms with Crippen LogP contribution in [0, 0.1) is 0 Å². The molecule has 0 aliphatic heterocycles. The van der Waals surface area contributed by atoms with Gasteiger partial charge in [-0.15, -0.1) is 0 Å². The second kappa shape index (κ2) is 9.88. The van der Waals surface area contributed by atoms with E-state index in [1.54, 1.807) is 24.3 Å². The zero-order valence-corrected chi connectivity index (χ0v) is 18.4. The lowest BCUT2D eigenvalue weighted by Crippen LogP contribution is -2.35. The van der Waals surface area contributed by atoms with Gasteiger partial charge in [0, 0.05) is 27.0 Å². The third-order valence-electron chi connectivity index (χ3n) is 4.47. The summed E-state index contributed by atoms with van der Waals surface area (Å²) in [5, 5.41) is 15.1. The summed E-state index contributed by atoms with van der Waals surface area (Å²) in [7, 11) is 0. The number of amides is 3. The molecule has 0 bridgehead atoms. The first kappa shape index (κ1) is 21.3. The number of aromatic nitrogens is 3. The van der Waals surface area contributed by atoms with E-state index >= 15 is 0 Å². The molecule has 0 aliphatic carbocycles. The van der Waals surface area contributed by atoms with Crippen LogP contribution in [0.3, 0.4) is 0 Å². The van der Waals surface area contributed by atoms with Crippen LogP contribution < -0.4 is 16.0 Å². The van der Waals surface area contributed by atoms with E-state index in [-0.39, 0.29) is 12.5 Å². The number of rotatable bonds is 6. The predicted molar refractivity (Wildman–Crippen MR) is 127 cm³/mol. The Morgan fingerprint density at radius 2 is 1.47 bits per heavy atom. The number of benzene rings is 3. The number of nitrogens with zero attached hydrogens (tertiary/aromatic N) is 2. The van der Waals surface area contributed by atoms with E-state index in [0.717, 1.165) is 15.6 Å². The van der Waals surface area contributed by atoms with E-state index in [0.29, 0.717) is 23.0 Å². The normalized spacial score (nSPS) is 10.4. The van der Waals surface area contributed by atoms with Crippen molar-refractivity contribution in [3.05, 3.63) is 83.3 Å².